The van der Waals surface area contributed by atoms with Crippen molar-refractivity contribution < 1.29 is 20.1 Å². The van der Waals surface area contributed by atoms with Crippen LogP contribution >= 0.6 is 0 Å². The molecule has 0 aliphatic carbocycles. The number of carbonyl (C=O) groups is 1. The molecule has 0 aliphatic heterocycles. The molecule has 0 heterocycles. The number of aliphatic hydroxyl groups excluding tert-OH is 1. The van der Waals surface area contributed by atoms with Crippen molar-refractivity contribution in [3.8, 4) is 11.5 Å². The molecular weight excluding hydrogens is 304 g/mol. The first-order chi connectivity index (χ1) is 11.4. The van der Waals surface area contributed by atoms with Gasteiger partial charge in [0.05, 0.1) is 11.7 Å². The van der Waals surface area contributed by atoms with E-state index in [1.807, 2.05) is 30.3 Å². The Morgan fingerprint density at radius 1 is 1.17 bits per heavy atom. The Balaban J connectivity index is 2.29. The van der Waals surface area contributed by atoms with Gasteiger partial charge in [0.25, 0.3) is 0 Å². The van der Waals surface area contributed by atoms with E-state index in [4.69, 9.17) is 0 Å². The second-order valence-corrected chi connectivity index (χ2v) is 5.63. The van der Waals surface area contributed by atoms with Gasteiger partial charge in [-0.3, -0.25) is 4.79 Å². The SMILES string of the molecule is C=C(C)[C@@H](O)Cc1c(O)ccc(C(=O)/C=C/c2ccccc2)c1O. The summed E-state index contributed by atoms with van der Waals surface area (Å²) in [5, 5.41) is 30.1. The minimum absolute atomic E-state index is 0.0173. The van der Waals surface area contributed by atoms with Gasteiger partial charge in [0, 0.05) is 12.0 Å². The largest absolute Gasteiger partial charge is 0.508 e. The van der Waals surface area contributed by atoms with E-state index >= 15 is 0 Å². The van der Waals surface area contributed by atoms with E-state index in [-0.39, 0.29) is 34.8 Å². The zero-order valence-electron chi connectivity index (χ0n) is 13.4. The van der Waals surface area contributed by atoms with Crippen LogP contribution in [0.5, 0.6) is 11.5 Å². The van der Waals surface area contributed by atoms with Crippen molar-refractivity contribution in [3.05, 3.63) is 77.4 Å². The summed E-state index contributed by atoms with van der Waals surface area (Å²) < 4.78 is 0. The van der Waals surface area contributed by atoms with Gasteiger partial charge in [-0.1, -0.05) is 48.6 Å². The summed E-state index contributed by atoms with van der Waals surface area (Å²) in [4.78, 5) is 12.3. The molecule has 0 aliphatic rings. The van der Waals surface area contributed by atoms with Crippen LogP contribution in [0.1, 0.15) is 28.4 Å². The number of hydrogen-bond acceptors (Lipinski definition) is 4. The Bertz CT molecular complexity index is 776. The van der Waals surface area contributed by atoms with Crippen molar-refractivity contribution in [3.63, 3.8) is 0 Å². The minimum atomic E-state index is -0.910. The molecule has 0 fully saturated rings. The van der Waals surface area contributed by atoms with Crippen LogP contribution in [-0.4, -0.2) is 27.2 Å². The number of hydrogen-bond donors (Lipinski definition) is 3. The normalized spacial score (nSPS) is 12.2. The molecule has 2 aromatic rings. The van der Waals surface area contributed by atoms with Gasteiger partial charge in [-0.15, -0.1) is 0 Å². The smallest absolute Gasteiger partial charge is 0.189 e. The van der Waals surface area contributed by atoms with Gasteiger partial charge >= 0.3 is 0 Å². The zero-order chi connectivity index (χ0) is 17.7. The molecule has 0 bridgehead atoms. The molecule has 4 heteroatoms. The van der Waals surface area contributed by atoms with Gasteiger partial charge < -0.3 is 15.3 Å². The van der Waals surface area contributed by atoms with Crippen molar-refractivity contribution in [1.82, 2.24) is 0 Å². The lowest BCUT2D eigenvalue weighted by atomic mass is 9.97. The van der Waals surface area contributed by atoms with E-state index < -0.39 is 6.10 Å². The Morgan fingerprint density at radius 2 is 1.83 bits per heavy atom. The maximum Gasteiger partial charge on any atom is 0.189 e. The first-order valence-corrected chi connectivity index (χ1v) is 7.55. The van der Waals surface area contributed by atoms with Gasteiger partial charge in [-0.2, -0.15) is 0 Å². The highest BCUT2D eigenvalue weighted by molar-refractivity contribution is 6.09. The highest BCUT2D eigenvalue weighted by atomic mass is 16.3. The molecule has 2 rings (SSSR count). The molecule has 0 radical (unpaired) electrons. The molecule has 0 saturated carbocycles. The van der Waals surface area contributed by atoms with Gasteiger partial charge in [0.15, 0.2) is 5.78 Å². The van der Waals surface area contributed by atoms with Crippen LogP contribution in [0.15, 0.2) is 60.7 Å². The summed E-state index contributed by atoms with van der Waals surface area (Å²) in [7, 11) is 0. The molecule has 0 amide bonds. The third-order valence-corrected chi connectivity index (χ3v) is 3.72. The van der Waals surface area contributed by atoms with E-state index in [0.717, 1.165) is 5.56 Å². The fourth-order valence-electron chi connectivity index (χ4n) is 2.22. The van der Waals surface area contributed by atoms with E-state index in [0.29, 0.717) is 5.57 Å². The third kappa shape index (κ3) is 4.12. The minimum Gasteiger partial charge on any atom is -0.508 e. The summed E-state index contributed by atoms with van der Waals surface area (Å²) >= 11 is 0. The van der Waals surface area contributed by atoms with Crippen molar-refractivity contribution >= 4 is 11.9 Å². The van der Waals surface area contributed by atoms with Gasteiger partial charge in [0.1, 0.15) is 11.5 Å². The molecule has 0 aromatic heterocycles. The predicted octanol–water partition coefficient (Wildman–Crippen LogP) is 3.47. The lowest BCUT2D eigenvalue weighted by Crippen LogP contribution is -2.12. The number of ketones is 1. The fraction of sp³-hybridized carbons (Fsp3) is 0.150. The van der Waals surface area contributed by atoms with Crippen LogP contribution in [0.3, 0.4) is 0 Å². The lowest BCUT2D eigenvalue weighted by molar-refractivity contribution is 0.104. The third-order valence-electron chi connectivity index (χ3n) is 3.72. The molecule has 124 valence electrons. The quantitative estimate of drug-likeness (QED) is 0.432. The van der Waals surface area contributed by atoms with Gasteiger partial charge in [-0.25, -0.2) is 0 Å². The number of rotatable bonds is 6. The molecule has 0 spiro atoms. The Kier molecular flexibility index (Phi) is 5.55. The molecule has 4 nitrogen and oxygen atoms in total. The summed E-state index contributed by atoms with van der Waals surface area (Å²) in [5.41, 5.74) is 1.57. The number of carbonyl (C=O) groups excluding carboxylic acids is 1. The molecule has 2 aromatic carbocycles. The van der Waals surface area contributed by atoms with E-state index in [1.165, 1.54) is 18.2 Å². The van der Waals surface area contributed by atoms with Crippen molar-refractivity contribution in [2.45, 2.75) is 19.4 Å². The monoisotopic (exact) mass is 324 g/mol. The average Bonchev–Trinajstić information content (AvgIpc) is 2.57. The Labute approximate surface area is 141 Å². The number of allylic oxidation sites excluding steroid dienone is 1. The van der Waals surface area contributed by atoms with E-state index in [1.54, 1.807) is 13.0 Å². The maximum atomic E-state index is 12.3. The topological polar surface area (TPSA) is 77.8 Å². The van der Waals surface area contributed by atoms with Crippen LogP contribution in [-0.2, 0) is 6.42 Å². The molecule has 3 N–H and O–H groups in total. The van der Waals surface area contributed by atoms with Crippen molar-refractivity contribution in [1.29, 1.82) is 0 Å². The van der Waals surface area contributed by atoms with Gasteiger partial charge in [0.2, 0.25) is 0 Å². The van der Waals surface area contributed by atoms with Gasteiger partial charge in [-0.05, 0) is 30.7 Å². The number of phenols is 2. The highest BCUT2D eigenvalue weighted by Gasteiger charge is 2.19. The lowest BCUT2D eigenvalue weighted by Gasteiger charge is -2.14. The summed E-state index contributed by atoms with van der Waals surface area (Å²) in [6.45, 7) is 5.29. The number of aliphatic hydroxyl groups is 1. The highest BCUT2D eigenvalue weighted by Crippen LogP contribution is 2.33. The number of benzene rings is 2. The van der Waals surface area contributed by atoms with Crippen molar-refractivity contribution in [2.75, 3.05) is 0 Å². The second kappa shape index (κ2) is 7.62. The molecule has 0 unspecified atom stereocenters. The maximum absolute atomic E-state index is 12.3. The van der Waals surface area contributed by atoms with Crippen LogP contribution < -0.4 is 0 Å². The average molecular weight is 324 g/mol. The molecule has 0 saturated heterocycles. The second-order valence-electron chi connectivity index (χ2n) is 5.63. The van der Waals surface area contributed by atoms with Crippen LogP contribution in [0.4, 0.5) is 0 Å². The summed E-state index contributed by atoms with van der Waals surface area (Å²) in [6.07, 6.45) is 2.08. The Hall–Kier alpha value is -2.85. The standard InChI is InChI=1S/C20H20O4/c1-13(2)19(23)12-16-18(22)11-9-15(20(16)24)17(21)10-8-14-6-4-3-5-7-14/h3-11,19,22-24H,1,12H2,2H3/b10-8+/t19-/m0/s1. The van der Waals surface area contributed by atoms with Crippen LogP contribution in [0, 0.1) is 0 Å². The first kappa shape index (κ1) is 17.5. The van der Waals surface area contributed by atoms with Crippen LogP contribution in [0.25, 0.3) is 6.08 Å². The number of phenolic OH excluding ortho intramolecular Hbond substituents is 2. The van der Waals surface area contributed by atoms with Crippen LogP contribution in [0.2, 0.25) is 0 Å². The summed E-state index contributed by atoms with van der Waals surface area (Å²) in [5.74, 6) is -0.878. The number of aromatic hydroxyl groups is 2. The molecule has 24 heavy (non-hydrogen) atoms. The zero-order valence-corrected chi connectivity index (χ0v) is 13.4. The molecular formula is C20H20O4. The van der Waals surface area contributed by atoms with Crippen molar-refractivity contribution in [2.24, 2.45) is 0 Å². The first-order valence-electron chi connectivity index (χ1n) is 7.55. The predicted molar refractivity (Wildman–Crippen MR) is 94.1 cm³/mol. The Morgan fingerprint density at radius 3 is 2.46 bits per heavy atom. The van der Waals surface area contributed by atoms with E-state index in [2.05, 4.69) is 6.58 Å². The fourth-order valence-corrected chi connectivity index (χ4v) is 2.22. The molecule has 1 atom stereocenters. The van der Waals surface area contributed by atoms with E-state index in [9.17, 15) is 20.1 Å². The summed E-state index contributed by atoms with van der Waals surface area (Å²) in [6, 6.07) is 12.0.